The molecule has 0 radical (unpaired) electrons. The van der Waals surface area contributed by atoms with Crippen molar-refractivity contribution in [1.82, 2.24) is 20.6 Å². The van der Waals surface area contributed by atoms with Crippen LogP contribution in [0.15, 0.2) is 29.5 Å². The van der Waals surface area contributed by atoms with Crippen molar-refractivity contribution in [1.29, 1.82) is 0 Å². The van der Waals surface area contributed by atoms with Gasteiger partial charge in [0, 0.05) is 17.5 Å². The van der Waals surface area contributed by atoms with Crippen molar-refractivity contribution in [3.05, 3.63) is 47.0 Å². The number of nitrogens with one attached hydrogen (secondary N) is 2. The molecule has 0 unspecified atom stereocenters. The van der Waals surface area contributed by atoms with Gasteiger partial charge in [-0.15, -0.1) is 0 Å². The van der Waals surface area contributed by atoms with E-state index in [4.69, 9.17) is 0 Å². The number of amides is 1. The number of aryl methyl sites for hydroxylation is 1. The first-order valence-electron chi connectivity index (χ1n) is 6.65. The SMILES string of the molecule is O=C(N/N=C/c1ccccn1)c1n[nH]c2c1CCCC2. The number of hydrogen-bond acceptors (Lipinski definition) is 4. The quantitative estimate of drug-likeness (QED) is 0.653. The van der Waals surface area contributed by atoms with Gasteiger partial charge in [-0.25, -0.2) is 5.43 Å². The van der Waals surface area contributed by atoms with E-state index in [1.165, 1.54) is 6.21 Å². The van der Waals surface area contributed by atoms with Gasteiger partial charge < -0.3 is 0 Å². The van der Waals surface area contributed by atoms with Crippen LogP contribution in [-0.4, -0.2) is 27.3 Å². The summed E-state index contributed by atoms with van der Waals surface area (Å²) < 4.78 is 0. The number of hydrazone groups is 1. The van der Waals surface area contributed by atoms with E-state index in [1.54, 1.807) is 6.20 Å². The van der Waals surface area contributed by atoms with E-state index in [0.29, 0.717) is 11.4 Å². The monoisotopic (exact) mass is 269 g/mol. The van der Waals surface area contributed by atoms with Gasteiger partial charge in [0.05, 0.1) is 11.9 Å². The average molecular weight is 269 g/mol. The van der Waals surface area contributed by atoms with Gasteiger partial charge in [0.1, 0.15) is 0 Å². The molecule has 6 heteroatoms. The first kappa shape index (κ1) is 12.5. The fourth-order valence-electron chi connectivity index (χ4n) is 2.33. The fourth-order valence-corrected chi connectivity index (χ4v) is 2.33. The second-order valence-electron chi connectivity index (χ2n) is 4.69. The highest BCUT2D eigenvalue weighted by molar-refractivity contribution is 5.94. The Labute approximate surface area is 116 Å². The molecule has 2 aromatic heterocycles. The predicted molar refractivity (Wildman–Crippen MR) is 74.5 cm³/mol. The van der Waals surface area contributed by atoms with Gasteiger partial charge in [-0.05, 0) is 37.8 Å². The lowest BCUT2D eigenvalue weighted by atomic mass is 9.96. The minimum Gasteiger partial charge on any atom is -0.281 e. The number of H-pyrrole nitrogens is 1. The first-order valence-corrected chi connectivity index (χ1v) is 6.65. The molecular formula is C14H15N5O. The zero-order valence-electron chi connectivity index (χ0n) is 11.0. The molecule has 2 aromatic rings. The number of fused-ring (bicyclic) bond motifs is 1. The summed E-state index contributed by atoms with van der Waals surface area (Å²) in [5.41, 5.74) is 5.75. The number of aromatic amines is 1. The van der Waals surface area contributed by atoms with Gasteiger partial charge in [0.2, 0.25) is 0 Å². The molecule has 0 spiro atoms. The molecule has 20 heavy (non-hydrogen) atoms. The first-order chi connectivity index (χ1) is 9.84. The summed E-state index contributed by atoms with van der Waals surface area (Å²) >= 11 is 0. The van der Waals surface area contributed by atoms with Crippen molar-refractivity contribution in [2.45, 2.75) is 25.7 Å². The number of hydrogen-bond donors (Lipinski definition) is 2. The molecule has 1 aliphatic carbocycles. The fraction of sp³-hybridized carbons (Fsp3) is 0.286. The number of carbonyl (C=O) groups excluding carboxylic acids is 1. The van der Waals surface area contributed by atoms with Crippen LogP contribution in [0, 0.1) is 0 Å². The third kappa shape index (κ3) is 2.59. The normalized spacial score (nSPS) is 14.2. The van der Waals surface area contributed by atoms with Crippen LogP contribution < -0.4 is 5.43 Å². The van der Waals surface area contributed by atoms with Gasteiger partial charge in [-0.2, -0.15) is 10.2 Å². The number of pyridine rings is 1. The molecule has 1 amide bonds. The van der Waals surface area contributed by atoms with Crippen LogP contribution in [0.3, 0.4) is 0 Å². The summed E-state index contributed by atoms with van der Waals surface area (Å²) in [6.07, 6.45) is 7.30. The van der Waals surface area contributed by atoms with Gasteiger partial charge >= 0.3 is 0 Å². The lowest BCUT2D eigenvalue weighted by molar-refractivity contribution is 0.0949. The van der Waals surface area contributed by atoms with E-state index in [9.17, 15) is 4.79 Å². The van der Waals surface area contributed by atoms with E-state index in [2.05, 4.69) is 25.7 Å². The minimum absolute atomic E-state index is 0.281. The Bertz CT molecular complexity index is 632. The number of nitrogens with zero attached hydrogens (tertiary/aromatic N) is 3. The summed E-state index contributed by atoms with van der Waals surface area (Å²) in [6, 6.07) is 5.50. The van der Waals surface area contributed by atoms with E-state index < -0.39 is 0 Å². The maximum absolute atomic E-state index is 12.0. The van der Waals surface area contributed by atoms with Gasteiger partial charge in [0.25, 0.3) is 5.91 Å². The molecule has 0 bridgehead atoms. The highest BCUT2D eigenvalue weighted by atomic mass is 16.2. The second kappa shape index (κ2) is 5.64. The zero-order valence-corrected chi connectivity index (χ0v) is 11.0. The second-order valence-corrected chi connectivity index (χ2v) is 4.69. The molecule has 6 nitrogen and oxygen atoms in total. The Morgan fingerprint density at radius 3 is 3.10 bits per heavy atom. The Balaban J connectivity index is 1.68. The molecule has 0 aliphatic heterocycles. The van der Waals surface area contributed by atoms with Crippen molar-refractivity contribution in [3.63, 3.8) is 0 Å². The van der Waals surface area contributed by atoms with Gasteiger partial charge in [0.15, 0.2) is 5.69 Å². The van der Waals surface area contributed by atoms with E-state index in [-0.39, 0.29) is 5.91 Å². The molecule has 0 saturated carbocycles. The van der Waals surface area contributed by atoms with Gasteiger partial charge in [-0.1, -0.05) is 6.07 Å². The smallest absolute Gasteiger partial charge is 0.281 e. The standard InChI is InChI=1S/C14H15N5O/c20-14(19-16-9-10-5-3-4-8-15-10)13-11-6-1-2-7-12(11)17-18-13/h3-5,8-9H,1-2,6-7H2,(H,17,18)(H,19,20)/b16-9+. The third-order valence-corrected chi connectivity index (χ3v) is 3.32. The summed E-state index contributed by atoms with van der Waals surface area (Å²) in [4.78, 5) is 16.1. The Morgan fingerprint density at radius 2 is 2.25 bits per heavy atom. The van der Waals surface area contributed by atoms with Crippen LogP contribution in [0.25, 0.3) is 0 Å². The molecule has 102 valence electrons. The molecule has 0 fully saturated rings. The summed E-state index contributed by atoms with van der Waals surface area (Å²) in [7, 11) is 0. The Morgan fingerprint density at radius 1 is 1.35 bits per heavy atom. The lowest BCUT2D eigenvalue weighted by Crippen LogP contribution is -2.20. The third-order valence-electron chi connectivity index (χ3n) is 3.32. The highest BCUT2D eigenvalue weighted by Gasteiger charge is 2.21. The zero-order chi connectivity index (χ0) is 13.8. The molecule has 0 aromatic carbocycles. The summed E-state index contributed by atoms with van der Waals surface area (Å²) in [6.45, 7) is 0. The topological polar surface area (TPSA) is 83.0 Å². The van der Waals surface area contributed by atoms with Crippen molar-refractivity contribution in [2.75, 3.05) is 0 Å². The Hall–Kier alpha value is -2.50. The van der Waals surface area contributed by atoms with Crippen LogP contribution in [0.2, 0.25) is 0 Å². The van der Waals surface area contributed by atoms with Crippen LogP contribution in [-0.2, 0) is 12.8 Å². The maximum atomic E-state index is 12.0. The molecule has 3 rings (SSSR count). The molecule has 0 saturated heterocycles. The minimum atomic E-state index is -0.281. The van der Waals surface area contributed by atoms with Crippen molar-refractivity contribution >= 4 is 12.1 Å². The largest absolute Gasteiger partial charge is 0.292 e. The molecule has 2 heterocycles. The van der Waals surface area contributed by atoms with Crippen LogP contribution in [0.5, 0.6) is 0 Å². The van der Waals surface area contributed by atoms with Crippen LogP contribution in [0.4, 0.5) is 0 Å². The maximum Gasteiger partial charge on any atom is 0.292 e. The molecule has 0 atom stereocenters. The lowest BCUT2D eigenvalue weighted by Gasteiger charge is -2.10. The summed E-state index contributed by atoms with van der Waals surface area (Å²) in [5.74, 6) is -0.281. The number of carbonyl (C=O) groups is 1. The number of aromatic nitrogens is 3. The molecule has 1 aliphatic rings. The van der Waals surface area contributed by atoms with Crippen molar-refractivity contribution in [3.8, 4) is 0 Å². The van der Waals surface area contributed by atoms with Crippen molar-refractivity contribution < 1.29 is 4.79 Å². The van der Waals surface area contributed by atoms with Crippen molar-refractivity contribution in [2.24, 2.45) is 5.10 Å². The summed E-state index contributed by atoms with van der Waals surface area (Å²) in [5, 5.41) is 10.9. The van der Waals surface area contributed by atoms with Crippen LogP contribution in [0.1, 0.15) is 40.3 Å². The predicted octanol–water partition coefficient (Wildman–Crippen LogP) is 1.45. The highest BCUT2D eigenvalue weighted by Crippen LogP contribution is 2.21. The number of rotatable bonds is 3. The van der Waals surface area contributed by atoms with E-state index >= 15 is 0 Å². The molecule has 2 N–H and O–H groups in total. The van der Waals surface area contributed by atoms with E-state index in [1.807, 2.05) is 18.2 Å². The Kier molecular flexibility index (Phi) is 3.54. The average Bonchev–Trinajstić information content (AvgIpc) is 2.92. The molecular weight excluding hydrogens is 254 g/mol. The van der Waals surface area contributed by atoms with Gasteiger partial charge in [-0.3, -0.25) is 14.9 Å². The van der Waals surface area contributed by atoms with Crippen LogP contribution >= 0.6 is 0 Å². The van der Waals surface area contributed by atoms with E-state index in [0.717, 1.165) is 36.9 Å².